The summed E-state index contributed by atoms with van der Waals surface area (Å²) in [5, 5.41) is 26.5. The largest absolute Gasteiger partial charge is 0.482 e. The van der Waals surface area contributed by atoms with Gasteiger partial charge in [0, 0.05) is 28.5 Å². The molecule has 2 aromatic heterocycles. The number of carboxylic acids is 3. The summed E-state index contributed by atoms with van der Waals surface area (Å²) >= 11 is 16.9. The van der Waals surface area contributed by atoms with E-state index in [1.54, 1.807) is 24.4 Å². The van der Waals surface area contributed by atoms with Crippen molar-refractivity contribution in [3.63, 3.8) is 0 Å². The Morgan fingerprint density at radius 3 is 1.87 bits per heavy atom. The number of hydrogen-bond acceptors (Lipinski definition) is 8. The number of carbonyl (C=O) groups is 3. The average molecular weight is 590 g/mol. The van der Waals surface area contributed by atoms with Crippen molar-refractivity contribution < 1.29 is 43.9 Å². The zero-order chi connectivity index (χ0) is 28.7. The Morgan fingerprint density at radius 1 is 0.816 bits per heavy atom. The molecule has 0 aliphatic heterocycles. The maximum atomic E-state index is 10.5. The average Bonchev–Trinajstić information content (AvgIpc) is 2.83. The summed E-state index contributed by atoms with van der Waals surface area (Å²) in [6.45, 7) is 2.52. The number of aromatic nitrogens is 2. The minimum absolute atomic E-state index is 0.276. The Balaban J connectivity index is 0.000000286. The van der Waals surface area contributed by atoms with Gasteiger partial charge in [-0.25, -0.2) is 19.4 Å². The number of benzene rings is 1. The zero-order valence-corrected chi connectivity index (χ0v) is 22.2. The van der Waals surface area contributed by atoms with Crippen molar-refractivity contribution >= 4 is 52.7 Å². The molecule has 2 unspecified atom stereocenters. The first-order valence-electron chi connectivity index (χ1n) is 10.5. The molecule has 204 valence electrons. The minimum Gasteiger partial charge on any atom is -0.482 e. The van der Waals surface area contributed by atoms with Crippen LogP contribution >= 0.6 is 34.8 Å². The van der Waals surface area contributed by atoms with E-state index < -0.39 is 30.1 Å². The summed E-state index contributed by atoms with van der Waals surface area (Å²) in [4.78, 5) is 38.4. The fraction of sp³-hybridized carbons (Fsp3) is 0.208. The summed E-state index contributed by atoms with van der Waals surface area (Å²) in [5.41, 5.74) is 0. The highest BCUT2D eigenvalue weighted by atomic mass is 35.5. The van der Waals surface area contributed by atoms with Crippen LogP contribution in [0.5, 0.6) is 17.2 Å². The molecule has 11 nitrogen and oxygen atoms in total. The molecule has 0 amide bonds. The van der Waals surface area contributed by atoms with Crippen LogP contribution in [0.3, 0.4) is 0 Å². The zero-order valence-electron chi connectivity index (χ0n) is 20.0. The van der Waals surface area contributed by atoms with Crippen molar-refractivity contribution in [1.82, 2.24) is 9.97 Å². The molecular weight excluding hydrogens is 567 g/mol. The van der Waals surface area contributed by atoms with Crippen LogP contribution in [0.1, 0.15) is 13.8 Å². The highest BCUT2D eigenvalue weighted by molar-refractivity contribution is 6.34. The van der Waals surface area contributed by atoms with Gasteiger partial charge < -0.3 is 29.5 Å². The van der Waals surface area contributed by atoms with Gasteiger partial charge in [0.15, 0.2) is 18.8 Å². The van der Waals surface area contributed by atoms with Crippen LogP contribution < -0.4 is 14.2 Å². The first-order valence-corrected chi connectivity index (χ1v) is 11.6. The fourth-order valence-electron chi connectivity index (χ4n) is 2.14. The van der Waals surface area contributed by atoms with Crippen LogP contribution in [-0.4, -0.2) is 62.0 Å². The van der Waals surface area contributed by atoms with E-state index in [1.807, 2.05) is 0 Å². The van der Waals surface area contributed by atoms with Gasteiger partial charge in [0.2, 0.25) is 0 Å². The molecule has 0 saturated carbocycles. The number of halogens is 3. The number of carboxylic acid groups (broad SMARTS) is 3. The third-order valence-electron chi connectivity index (χ3n) is 3.85. The first kappa shape index (κ1) is 32.2. The second kappa shape index (κ2) is 16.8. The van der Waals surface area contributed by atoms with Crippen molar-refractivity contribution in [2.75, 3.05) is 6.61 Å². The van der Waals surface area contributed by atoms with Gasteiger partial charge >= 0.3 is 17.9 Å². The maximum absolute atomic E-state index is 10.5. The topological polar surface area (TPSA) is 165 Å². The Bertz CT molecular complexity index is 1180. The number of rotatable bonds is 9. The van der Waals surface area contributed by atoms with Crippen LogP contribution in [-0.2, 0) is 14.4 Å². The molecule has 0 aliphatic rings. The fourth-order valence-corrected chi connectivity index (χ4v) is 2.81. The van der Waals surface area contributed by atoms with Crippen molar-refractivity contribution in [2.45, 2.75) is 26.1 Å². The Hall–Kier alpha value is -3.80. The molecule has 0 aliphatic carbocycles. The highest BCUT2D eigenvalue weighted by Crippen LogP contribution is 2.24. The van der Waals surface area contributed by atoms with Crippen molar-refractivity contribution in [3.8, 4) is 17.2 Å². The van der Waals surface area contributed by atoms with Gasteiger partial charge in [0.25, 0.3) is 0 Å². The van der Waals surface area contributed by atoms with Crippen LogP contribution in [0.4, 0.5) is 0 Å². The van der Waals surface area contributed by atoms with Gasteiger partial charge in [0.05, 0.1) is 6.20 Å². The Morgan fingerprint density at radius 2 is 1.39 bits per heavy atom. The lowest BCUT2D eigenvalue weighted by Crippen LogP contribution is -2.22. The Kier molecular flexibility index (Phi) is 14.3. The van der Waals surface area contributed by atoms with Gasteiger partial charge in [-0.15, -0.1) is 0 Å². The molecule has 14 heteroatoms. The van der Waals surface area contributed by atoms with Crippen molar-refractivity contribution in [3.05, 3.63) is 76.3 Å². The molecule has 1 aromatic carbocycles. The summed E-state index contributed by atoms with van der Waals surface area (Å²) in [5.74, 6) is -1.84. The molecule has 2 atom stereocenters. The van der Waals surface area contributed by atoms with Gasteiger partial charge in [-0.1, -0.05) is 34.8 Å². The standard InChI is InChI=1S/C9H8Cl2O3.C8H9NO3.C7H6ClNO3/c1-5(9(12)13)14-8-3-6(10)2-7(11)4-8;1-6(8(10)11)12-7-3-2-4-9-5-7;8-6-3-5(1-2-9-6)12-4-7(10)11/h2-5H,1H3,(H,12,13);2-6H,1H3,(H,10,11);1-3H,4H2,(H,10,11). The van der Waals surface area contributed by atoms with Crippen molar-refractivity contribution in [1.29, 1.82) is 0 Å². The van der Waals surface area contributed by atoms with Gasteiger partial charge in [-0.3, -0.25) is 4.98 Å². The second-order valence-corrected chi connectivity index (χ2v) is 8.25. The smallest absolute Gasteiger partial charge is 0.344 e. The molecule has 2 heterocycles. The monoisotopic (exact) mass is 588 g/mol. The summed E-state index contributed by atoms with van der Waals surface area (Å²) < 4.78 is 14.9. The predicted octanol–water partition coefficient (Wildman–Crippen LogP) is 4.98. The SMILES string of the molecule is CC(Oc1cc(Cl)cc(Cl)c1)C(=O)O.CC(Oc1cccnc1)C(=O)O.O=C(O)COc1ccnc(Cl)c1. The van der Waals surface area contributed by atoms with Crippen molar-refractivity contribution in [2.24, 2.45) is 0 Å². The number of nitrogens with zero attached hydrogens (tertiary/aromatic N) is 2. The van der Waals surface area contributed by atoms with Crippen LogP contribution in [0.2, 0.25) is 15.2 Å². The maximum Gasteiger partial charge on any atom is 0.344 e. The molecule has 0 saturated heterocycles. The van der Waals surface area contributed by atoms with E-state index in [1.165, 1.54) is 50.5 Å². The van der Waals surface area contributed by atoms with Gasteiger partial charge in [-0.2, -0.15) is 0 Å². The molecule has 3 aromatic rings. The van der Waals surface area contributed by atoms with Gasteiger partial charge in [0.1, 0.15) is 22.4 Å². The molecule has 3 rings (SSSR count). The van der Waals surface area contributed by atoms with Crippen LogP contribution in [0.25, 0.3) is 0 Å². The lowest BCUT2D eigenvalue weighted by molar-refractivity contribution is -0.145. The number of pyridine rings is 2. The predicted molar refractivity (Wildman–Crippen MR) is 139 cm³/mol. The number of aliphatic carboxylic acids is 3. The molecule has 0 bridgehead atoms. The lowest BCUT2D eigenvalue weighted by Gasteiger charge is -2.10. The van der Waals surface area contributed by atoms with Crippen LogP contribution in [0.15, 0.2) is 61.1 Å². The molecule has 0 spiro atoms. The molecule has 3 N–H and O–H groups in total. The van der Waals surface area contributed by atoms with E-state index >= 15 is 0 Å². The third-order valence-corrected chi connectivity index (χ3v) is 4.50. The third kappa shape index (κ3) is 14.1. The summed E-state index contributed by atoms with van der Waals surface area (Å²) in [7, 11) is 0. The first-order chi connectivity index (χ1) is 17.9. The molecular formula is C24H23Cl3N2O9. The molecule has 0 fully saturated rings. The normalized spacial score (nSPS) is 11.3. The summed E-state index contributed by atoms with van der Waals surface area (Å²) in [6.07, 6.45) is 2.75. The number of hydrogen-bond donors (Lipinski definition) is 3. The summed E-state index contributed by atoms with van der Waals surface area (Å²) in [6, 6.07) is 10.9. The highest BCUT2D eigenvalue weighted by Gasteiger charge is 2.13. The van der Waals surface area contributed by atoms with E-state index in [2.05, 4.69) is 9.97 Å². The van der Waals surface area contributed by atoms with Crippen LogP contribution in [0, 0.1) is 0 Å². The quantitative estimate of drug-likeness (QED) is 0.288. The Labute approximate surface area is 232 Å². The lowest BCUT2D eigenvalue weighted by atomic mass is 10.3. The van der Waals surface area contributed by atoms with E-state index in [4.69, 9.17) is 64.3 Å². The minimum atomic E-state index is -1.04. The van der Waals surface area contributed by atoms with E-state index in [0.717, 1.165) is 0 Å². The van der Waals surface area contributed by atoms with Gasteiger partial charge in [-0.05, 0) is 50.2 Å². The van der Waals surface area contributed by atoms with E-state index in [9.17, 15) is 14.4 Å². The molecule has 0 radical (unpaired) electrons. The van der Waals surface area contributed by atoms with E-state index in [0.29, 0.717) is 27.3 Å². The molecule has 38 heavy (non-hydrogen) atoms. The number of ether oxygens (including phenoxy) is 3. The van der Waals surface area contributed by atoms with E-state index in [-0.39, 0.29) is 11.8 Å². The second-order valence-electron chi connectivity index (χ2n) is 6.99.